The normalized spacial score (nSPS) is 15.4. The number of hydrogen-bond acceptors (Lipinski definition) is 3. The molecule has 4 heteroatoms. The van der Waals surface area contributed by atoms with Gasteiger partial charge in [-0.2, -0.15) is 0 Å². The fourth-order valence-electron chi connectivity index (χ4n) is 2.50. The average molecular weight is 283 g/mol. The Morgan fingerprint density at radius 1 is 1.15 bits per heavy atom. The van der Waals surface area contributed by atoms with Crippen LogP contribution in [0.3, 0.4) is 0 Å². The van der Waals surface area contributed by atoms with Gasteiger partial charge in [-0.05, 0) is 30.3 Å². The molecular weight excluding hydrogens is 272 g/mol. The summed E-state index contributed by atoms with van der Waals surface area (Å²) in [6.07, 6.45) is 1.98. The van der Waals surface area contributed by atoms with E-state index in [1.54, 1.807) is 0 Å². The van der Waals surface area contributed by atoms with E-state index in [-0.39, 0.29) is 0 Å². The van der Waals surface area contributed by atoms with Crippen molar-refractivity contribution in [1.82, 2.24) is 0 Å². The molecule has 0 bridgehead atoms. The fourth-order valence-corrected chi connectivity index (χ4v) is 2.67. The second-order valence-electron chi connectivity index (χ2n) is 4.80. The van der Waals surface area contributed by atoms with Crippen LogP contribution in [0.4, 0.5) is 5.69 Å². The minimum Gasteiger partial charge on any atom is -0.452 e. The van der Waals surface area contributed by atoms with Crippen LogP contribution in [0, 0.1) is 0 Å². The van der Waals surface area contributed by atoms with Gasteiger partial charge in [-0.3, -0.25) is 0 Å². The van der Waals surface area contributed by atoms with Crippen LogP contribution < -0.4 is 20.2 Å². The van der Waals surface area contributed by atoms with Crippen LogP contribution in [-0.4, -0.2) is 7.05 Å². The first-order valence-electron chi connectivity index (χ1n) is 6.33. The lowest BCUT2D eigenvalue weighted by Crippen LogP contribution is -2.23. The number of benzene rings is 2. The number of halogens is 1. The summed E-state index contributed by atoms with van der Waals surface area (Å²) < 4.78 is 6.09. The number of fused-ring (bicyclic) bond motifs is 3. The van der Waals surface area contributed by atoms with Gasteiger partial charge in [0.05, 0.1) is 11.0 Å². The van der Waals surface area contributed by atoms with Gasteiger partial charge in [0.25, 0.3) is 0 Å². The summed E-state index contributed by atoms with van der Waals surface area (Å²) in [5.41, 5.74) is 1.84. The maximum atomic E-state index is 6.09. The first kappa shape index (κ1) is 11.6. The van der Waals surface area contributed by atoms with Gasteiger partial charge in [-0.25, -0.2) is 4.99 Å². The minimum absolute atomic E-state index is 0.680. The Morgan fingerprint density at radius 2 is 2.00 bits per heavy atom. The fraction of sp³-hybridized carbons (Fsp3) is 0.0625. The molecule has 0 radical (unpaired) electrons. The van der Waals surface area contributed by atoms with Gasteiger partial charge in [0, 0.05) is 23.5 Å². The summed E-state index contributed by atoms with van der Waals surface area (Å²) in [6, 6.07) is 13.6. The van der Waals surface area contributed by atoms with Crippen LogP contribution in [0.25, 0.3) is 5.76 Å². The summed E-state index contributed by atoms with van der Waals surface area (Å²) in [7, 11) is 1.99. The molecule has 0 saturated heterocycles. The number of hydrogen-bond donors (Lipinski definition) is 0. The Bertz CT molecular complexity index is 870. The van der Waals surface area contributed by atoms with E-state index in [0.717, 1.165) is 33.5 Å². The molecule has 2 aromatic carbocycles. The van der Waals surface area contributed by atoms with E-state index in [0.29, 0.717) is 5.02 Å². The third kappa shape index (κ3) is 1.63. The standard InChI is InChI=1S/C16H11ClN2O/c1-19-9-13-16(20-15-5-3-2-4-14(15)19)11-7-6-10(17)8-12(11)18-13/h2-9H,1H3. The lowest BCUT2D eigenvalue weighted by atomic mass is 10.2. The van der Waals surface area contributed by atoms with Crippen molar-refractivity contribution in [3.63, 3.8) is 0 Å². The smallest absolute Gasteiger partial charge is 0.164 e. The van der Waals surface area contributed by atoms with Crippen molar-refractivity contribution in [2.24, 2.45) is 4.99 Å². The molecule has 0 N–H and O–H groups in total. The van der Waals surface area contributed by atoms with Crippen molar-refractivity contribution >= 4 is 23.0 Å². The van der Waals surface area contributed by atoms with Gasteiger partial charge in [0.15, 0.2) is 11.5 Å². The zero-order valence-corrected chi connectivity index (χ0v) is 11.6. The van der Waals surface area contributed by atoms with Crippen LogP contribution in [0.15, 0.2) is 59.4 Å². The molecule has 0 aromatic heterocycles. The second kappa shape index (κ2) is 4.12. The molecule has 4 rings (SSSR count). The number of nitrogens with zero attached hydrogens (tertiary/aromatic N) is 2. The highest BCUT2D eigenvalue weighted by Crippen LogP contribution is 2.34. The number of anilines is 1. The molecule has 2 aliphatic heterocycles. The molecule has 0 aliphatic carbocycles. The van der Waals surface area contributed by atoms with Crippen molar-refractivity contribution in [2.45, 2.75) is 0 Å². The van der Waals surface area contributed by atoms with Crippen molar-refractivity contribution in [3.05, 3.63) is 70.0 Å². The third-order valence-electron chi connectivity index (χ3n) is 3.45. The third-order valence-corrected chi connectivity index (χ3v) is 3.69. The highest BCUT2D eigenvalue weighted by atomic mass is 35.5. The Hall–Kier alpha value is -2.26. The zero-order chi connectivity index (χ0) is 13.7. The van der Waals surface area contributed by atoms with Crippen molar-refractivity contribution in [2.75, 3.05) is 11.9 Å². The van der Waals surface area contributed by atoms with E-state index in [1.165, 1.54) is 0 Å². The molecule has 0 amide bonds. The maximum absolute atomic E-state index is 6.09. The second-order valence-corrected chi connectivity index (χ2v) is 5.23. The molecule has 98 valence electrons. The summed E-state index contributed by atoms with van der Waals surface area (Å²) in [6.45, 7) is 0. The molecule has 0 fully saturated rings. The first-order chi connectivity index (χ1) is 9.72. The Balaban J connectivity index is 2.02. The number of para-hydroxylation sites is 2. The quantitative estimate of drug-likeness (QED) is 0.741. The molecule has 0 unspecified atom stereocenters. The van der Waals surface area contributed by atoms with E-state index < -0.39 is 0 Å². The van der Waals surface area contributed by atoms with Gasteiger partial charge < -0.3 is 9.64 Å². The average Bonchev–Trinajstić information content (AvgIpc) is 2.69. The van der Waals surface area contributed by atoms with E-state index in [2.05, 4.69) is 4.99 Å². The van der Waals surface area contributed by atoms with Gasteiger partial charge in [-0.1, -0.05) is 23.7 Å². The predicted octanol–water partition coefficient (Wildman–Crippen LogP) is 2.45. The molecule has 2 aromatic rings. The highest BCUT2D eigenvalue weighted by Gasteiger charge is 2.22. The molecule has 0 saturated carbocycles. The topological polar surface area (TPSA) is 24.8 Å². The van der Waals surface area contributed by atoms with Gasteiger partial charge in [0.1, 0.15) is 5.70 Å². The Labute approximate surface area is 121 Å². The largest absolute Gasteiger partial charge is 0.452 e. The van der Waals surface area contributed by atoms with E-state index in [9.17, 15) is 0 Å². The van der Waals surface area contributed by atoms with E-state index in [1.807, 2.05) is 60.6 Å². The van der Waals surface area contributed by atoms with Crippen molar-refractivity contribution < 1.29 is 4.74 Å². The van der Waals surface area contributed by atoms with Gasteiger partial charge in [-0.15, -0.1) is 0 Å². The van der Waals surface area contributed by atoms with Gasteiger partial charge >= 0.3 is 0 Å². The zero-order valence-electron chi connectivity index (χ0n) is 10.8. The lowest BCUT2D eigenvalue weighted by Gasteiger charge is -2.14. The van der Waals surface area contributed by atoms with E-state index in [4.69, 9.17) is 16.3 Å². The van der Waals surface area contributed by atoms with E-state index >= 15 is 0 Å². The van der Waals surface area contributed by atoms with Crippen LogP contribution in [0.1, 0.15) is 0 Å². The molecule has 2 heterocycles. The van der Waals surface area contributed by atoms with Crippen LogP contribution in [0.2, 0.25) is 5.02 Å². The summed E-state index contributed by atoms with van der Waals surface area (Å²) in [5, 5.41) is 2.51. The molecular formula is C16H11ClN2O. The molecule has 20 heavy (non-hydrogen) atoms. The maximum Gasteiger partial charge on any atom is 0.164 e. The predicted molar refractivity (Wildman–Crippen MR) is 79.2 cm³/mol. The van der Waals surface area contributed by atoms with Crippen molar-refractivity contribution in [3.8, 4) is 5.75 Å². The Kier molecular flexibility index (Phi) is 2.38. The van der Waals surface area contributed by atoms with Gasteiger partial charge in [0.2, 0.25) is 0 Å². The molecule has 0 spiro atoms. The lowest BCUT2D eigenvalue weighted by molar-refractivity contribution is 0.514. The summed E-state index contributed by atoms with van der Waals surface area (Å²) in [4.78, 5) is 6.62. The van der Waals surface area contributed by atoms with Crippen molar-refractivity contribution in [1.29, 1.82) is 0 Å². The molecule has 3 nitrogen and oxygen atoms in total. The molecule has 0 atom stereocenters. The SMILES string of the molecule is CN1C=C2N=c3cc(Cl)ccc3=C2Oc2ccccc21. The van der Waals surface area contributed by atoms with Crippen LogP contribution >= 0.6 is 11.6 Å². The minimum atomic E-state index is 0.680. The number of ether oxygens (including phenoxy) is 1. The Morgan fingerprint density at radius 3 is 2.90 bits per heavy atom. The monoisotopic (exact) mass is 282 g/mol. The number of rotatable bonds is 0. The van der Waals surface area contributed by atoms with Crippen LogP contribution in [-0.2, 0) is 0 Å². The first-order valence-corrected chi connectivity index (χ1v) is 6.71. The highest BCUT2D eigenvalue weighted by molar-refractivity contribution is 6.30. The summed E-state index contributed by atoms with van der Waals surface area (Å²) in [5.74, 6) is 1.61. The van der Waals surface area contributed by atoms with Crippen LogP contribution in [0.5, 0.6) is 5.75 Å². The summed E-state index contributed by atoms with van der Waals surface area (Å²) >= 11 is 6.02. The molecule has 2 aliphatic rings.